The molecule has 2 N–H and O–H groups in total. The van der Waals surface area contributed by atoms with Crippen LogP contribution in [0.1, 0.15) is 63.9 Å². The molecule has 0 amide bonds. The van der Waals surface area contributed by atoms with Crippen LogP contribution in [-0.2, 0) is 6.42 Å². The number of nitrogen functional groups attached to an aromatic ring is 1. The minimum absolute atomic E-state index is 0.331. The maximum atomic E-state index is 11.2. The zero-order chi connectivity index (χ0) is 15.8. The molecule has 0 aliphatic heterocycles. The van der Waals surface area contributed by atoms with E-state index in [2.05, 4.69) is 13.0 Å². The van der Waals surface area contributed by atoms with Crippen LogP contribution in [0, 0.1) is 0 Å². The summed E-state index contributed by atoms with van der Waals surface area (Å²) in [6, 6.07) is 7.09. The molecule has 0 spiro atoms. The van der Waals surface area contributed by atoms with Crippen LogP contribution in [0.5, 0.6) is 0 Å². The van der Waals surface area contributed by atoms with Gasteiger partial charge in [0.15, 0.2) is 0 Å². The predicted molar refractivity (Wildman–Crippen MR) is 93.2 cm³/mol. The van der Waals surface area contributed by atoms with Crippen molar-refractivity contribution in [1.29, 1.82) is 0 Å². The number of nitrogens with two attached hydrogens (primary N) is 1. The zero-order valence-electron chi connectivity index (χ0n) is 13.6. The van der Waals surface area contributed by atoms with Crippen LogP contribution in [0.3, 0.4) is 0 Å². The highest BCUT2D eigenvalue weighted by Gasteiger charge is 2.04. The summed E-state index contributed by atoms with van der Waals surface area (Å²) in [7, 11) is 0. The van der Waals surface area contributed by atoms with E-state index < -0.39 is 0 Å². The molecule has 0 bridgehead atoms. The van der Waals surface area contributed by atoms with Crippen LogP contribution in [0.4, 0.5) is 5.69 Å². The van der Waals surface area contributed by atoms with Gasteiger partial charge in [-0.15, -0.1) is 0 Å². The van der Waals surface area contributed by atoms with E-state index in [1.807, 2.05) is 0 Å². The third kappa shape index (κ3) is 4.90. The largest absolute Gasteiger partial charge is 0.423 e. The molecule has 120 valence electrons. The van der Waals surface area contributed by atoms with E-state index in [0.29, 0.717) is 5.58 Å². The highest BCUT2D eigenvalue weighted by molar-refractivity contribution is 5.81. The summed E-state index contributed by atoms with van der Waals surface area (Å²) in [6.07, 6.45) is 11.5. The third-order valence-corrected chi connectivity index (χ3v) is 4.18. The molecule has 1 heterocycles. The first-order valence-electron chi connectivity index (χ1n) is 8.53. The number of anilines is 1. The number of unbranched alkanes of at least 4 members (excludes halogenated alkanes) is 7. The predicted octanol–water partition coefficient (Wildman–Crippen LogP) is 5.06. The van der Waals surface area contributed by atoms with Gasteiger partial charge in [0.05, 0.1) is 0 Å². The molecule has 0 fully saturated rings. The molecule has 0 radical (unpaired) electrons. The van der Waals surface area contributed by atoms with Gasteiger partial charge in [-0.3, -0.25) is 0 Å². The number of benzene rings is 1. The van der Waals surface area contributed by atoms with Crippen molar-refractivity contribution in [3.05, 3.63) is 40.2 Å². The van der Waals surface area contributed by atoms with Crippen LogP contribution < -0.4 is 11.4 Å². The van der Waals surface area contributed by atoms with E-state index in [4.69, 9.17) is 10.2 Å². The fraction of sp³-hybridized carbons (Fsp3) is 0.526. The van der Waals surface area contributed by atoms with Crippen molar-refractivity contribution in [3.8, 4) is 0 Å². The quantitative estimate of drug-likeness (QED) is 0.400. The molecule has 0 aliphatic carbocycles. The normalized spacial score (nSPS) is 11.1. The number of hydrogen-bond acceptors (Lipinski definition) is 3. The van der Waals surface area contributed by atoms with E-state index in [-0.39, 0.29) is 5.63 Å². The van der Waals surface area contributed by atoms with Crippen LogP contribution in [0.15, 0.2) is 33.5 Å². The monoisotopic (exact) mass is 301 g/mol. The Morgan fingerprint density at radius 3 is 2.36 bits per heavy atom. The average Bonchev–Trinajstić information content (AvgIpc) is 2.50. The SMILES string of the molecule is CCCCCCCCCCc1cc2ccc(=O)oc2cc1N. The van der Waals surface area contributed by atoms with E-state index in [1.54, 1.807) is 12.1 Å². The highest BCUT2D eigenvalue weighted by atomic mass is 16.4. The second kappa shape index (κ2) is 8.62. The Morgan fingerprint density at radius 1 is 0.955 bits per heavy atom. The maximum Gasteiger partial charge on any atom is 0.336 e. The van der Waals surface area contributed by atoms with Gasteiger partial charge in [0.1, 0.15) is 5.58 Å². The molecule has 22 heavy (non-hydrogen) atoms. The van der Waals surface area contributed by atoms with E-state index >= 15 is 0 Å². The lowest BCUT2D eigenvalue weighted by atomic mass is 10.0. The molecule has 0 aliphatic rings. The van der Waals surface area contributed by atoms with Gasteiger partial charge in [0.2, 0.25) is 0 Å². The summed E-state index contributed by atoms with van der Waals surface area (Å²) in [4.78, 5) is 11.2. The lowest BCUT2D eigenvalue weighted by Gasteiger charge is -2.07. The van der Waals surface area contributed by atoms with Crippen molar-refractivity contribution in [2.75, 3.05) is 5.73 Å². The summed E-state index contributed by atoms with van der Waals surface area (Å²) >= 11 is 0. The lowest BCUT2D eigenvalue weighted by Crippen LogP contribution is -1.98. The van der Waals surface area contributed by atoms with Gasteiger partial charge < -0.3 is 10.2 Å². The first-order chi connectivity index (χ1) is 10.7. The Labute approximate surface area is 132 Å². The van der Waals surface area contributed by atoms with E-state index in [9.17, 15) is 4.79 Å². The fourth-order valence-electron chi connectivity index (χ4n) is 2.84. The van der Waals surface area contributed by atoms with Gasteiger partial charge in [-0.05, 0) is 30.5 Å². The van der Waals surface area contributed by atoms with E-state index in [1.165, 1.54) is 57.4 Å². The van der Waals surface area contributed by atoms with Crippen molar-refractivity contribution in [2.45, 2.75) is 64.7 Å². The van der Waals surface area contributed by atoms with Crippen LogP contribution in [0.25, 0.3) is 11.0 Å². The lowest BCUT2D eigenvalue weighted by molar-refractivity contribution is 0.561. The molecule has 2 aromatic rings. The first kappa shape index (κ1) is 16.6. The van der Waals surface area contributed by atoms with Crippen LogP contribution in [0.2, 0.25) is 0 Å². The Hall–Kier alpha value is -1.77. The van der Waals surface area contributed by atoms with Crippen molar-refractivity contribution < 1.29 is 4.42 Å². The van der Waals surface area contributed by atoms with Crippen molar-refractivity contribution in [2.24, 2.45) is 0 Å². The number of hydrogen-bond donors (Lipinski definition) is 1. The molecule has 2 rings (SSSR count). The molecule has 3 heteroatoms. The topological polar surface area (TPSA) is 56.2 Å². The Morgan fingerprint density at radius 2 is 1.64 bits per heavy atom. The molecule has 0 saturated heterocycles. The minimum atomic E-state index is -0.331. The standard InChI is InChI=1S/C19H27NO2/c1-2-3-4-5-6-7-8-9-10-15-13-16-11-12-19(21)22-18(16)14-17(15)20/h11-14H,2-10,20H2,1H3. The third-order valence-electron chi connectivity index (χ3n) is 4.18. The van der Waals surface area contributed by atoms with Crippen molar-refractivity contribution in [1.82, 2.24) is 0 Å². The molecule has 1 aromatic carbocycles. The van der Waals surface area contributed by atoms with Gasteiger partial charge in [-0.1, -0.05) is 51.9 Å². The van der Waals surface area contributed by atoms with Gasteiger partial charge in [0.25, 0.3) is 0 Å². The van der Waals surface area contributed by atoms with Crippen molar-refractivity contribution >= 4 is 16.7 Å². The molecule has 1 aromatic heterocycles. The number of aryl methyl sites for hydroxylation is 1. The molecular weight excluding hydrogens is 274 g/mol. The second-order valence-corrected chi connectivity index (χ2v) is 6.07. The Kier molecular flexibility index (Phi) is 6.50. The van der Waals surface area contributed by atoms with Crippen LogP contribution in [-0.4, -0.2) is 0 Å². The summed E-state index contributed by atoms with van der Waals surface area (Å²) in [5.41, 5.74) is 8.20. The van der Waals surface area contributed by atoms with Gasteiger partial charge in [-0.25, -0.2) is 4.79 Å². The summed E-state index contributed by atoms with van der Waals surface area (Å²) in [6.45, 7) is 2.25. The number of rotatable bonds is 9. The molecular formula is C19H27NO2. The smallest absolute Gasteiger partial charge is 0.336 e. The minimum Gasteiger partial charge on any atom is -0.423 e. The molecule has 0 atom stereocenters. The summed E-state index contributed by atoms with van der Waals surface area (Å²) in [5, 5.41) is 0.948. The van der Waals surface area contributed by atoms with E-state index in [0.717, 1.165) is 23.1 Å². The molecule has 0 unspecified atom stereocenters. The maximum absolute atomic E-state index is 11.2. The Balaban J connectivity index is 1.80. The average molecular weight is 301 g/mol. The highest BCUT2D eigenvalue weighted by Crippen LogP contribution is 2.23. The van der Waals surface area contributed by atoms with Gasteiger partial charge >= 0.3 is 5.63 Å². The fourth-order valence-corrected chi connectivity index (χ4v) is 2.84. The summed E-state index contributed by atoms with van der Waals surface area (Å²) in [5.74, 6) is 0. The molecule has 3 nitrogen and oxygen atoms in total. The van der Waals surface area contributed by atoms with Gasteiger partial charge in [-0.2, -0.15) is 0 Å². The first-order valence-corrected chi connectivity index (χ1v) is 8.53. The van der Waals surface area contributed by atoms with Crippen LogP contribution >= 0.6 is 0 Å². The second-order valence-electron chi connectivity index (χ2n) is 6.07. The van der Waals surface area contributed by atoms with Gasteiger partial charge in [0, 0.05) is 23.2 Å². The van der Waals surface area contributed by atoms with Crippen molar-refractivity contribution in [3.63, 3.8) is 0 Å². The Bertz CT molecular complexity index is 645. The number of fused-ring (bicyclic) bond motifs is 1. The summed E-state index contributed by atoms with van der Waals surface area (Å²) < 4.78 is 5.15. The zero-order valence-corrected chi connectivity index (χ0v) is 13.6. The molecule has 0 saturated carbocycles.